The fourth-order valence-electron chi connectivity index (χ4n) is 3.79. The van der Waals surface area contributed by atoms with Gasteiger partial charge < -0.3 is 9.88 Å². The zero-order valence-electron chi connectivity index (χ0n) is 17.2. The summed E-state index contributed by atoms with van der Waals surface area (Å²) in [5.41, 5.74) is 1.85. The lowest BCUT2D eigenvalue weighted by molar-refractivity contribution is -0.120. The van der Waals surface area contributed by atoms with E-state index >= 15 is 0 Å². The molecule has 1 atom stereocenters. The molecule has 1 aliphatic heterocycles. The van der Waals surface area contributed by atoms with E-state index in [-0.39, 0.29) is 23.1 Å². The van der Waals surface area contributed by atoms with E-state index in [0.29, 0.717) is 40.7 Å². The van der Waals surface area contributed by atoms with Crippen molar-refractivity contribution >= 4 is 66.4 Å². The normalized spacial score (nSPS) is 17.5. The van der Waals surface area contributed by atoms with Crippen LogP contribution in [-0.2, 0) is 27.6 Å². The second-order valence-corrected chi connectivity index (χ2v) is 11.6. The van der Waals surface area contributed by atoms with Crippen molar-refractivity contribution in [1.29, 1.82) is 0 Å². The predicted molar refractivity (Wildman–Crippen MR) is 129 cm³/mol. The Kier molecular flexibility index (Phi) is 6.65. The molecule has 1 saturated heterocycles. The maximum atomic E-state index is 13.0. The number of benzene rings is 2. The standard InChI is InChI=1S/C21H21Cl2N3O4S2/c1-25-18-7-6-16(10-19(18)31-21(25)28)24-20(27)13-3-2-8-26(11-13)32(29,30)12-14-4-5-15(22)9-17(14)23/h4-7,9-10,13H,2-3,8,11-12H2,1H3,(H,24,27)/t13-/m1/s1. The number of aromatic nitrogens is 1. The van der Waals surface area contributed by atoms with Gasteiger partial charge in [0.1, 0.15) is 0 Å². The molecule has 2 heterocycles. The van der Waals surface area contributed by atoms with Crippen molar-refractivity contribution in [3.63, 3.8) is 0 Å². The van der Waals surface area contributed by atoms with Crippen molar-refractivity contribution in [2.24, 2.45) is 13.0 Å². The Balaban J connectivity index is 1.46. The highest BCUT2D eigenvalue weighted by Crippen LogP contribution is 2.27. The minimum atomic E-state index is -3.65. The number of thiazole rings is 1. The number of nitrogens with one attached hydrogen (secondary N) is 1. The lowest BCUT2D eigenvalue weighted by Crippen LogP contribution is -2.44. The van der Waals surface area contributed by atoms with E-state index < -0.39 is 15.9 Å². The minimum absolute atomic E-state index is 0.0719. The lowest BCUT2D eigenvalue weighted by Gasteiger charge is -2.31. The van der Waals surface area contributed by atoms with Crippen LogP contribution >= 0.6 is 34.5 Å². The molecule has 1 amide bonds. The molecule has 0 bridgehead atoms. The molecule has 32 heavy (non-hydrogen) atoms. The van der Waals surface area contributed by atoms with E-state index in [4.69, 9.17) is 23.2 Å². The summed E-state index contributed by atoms with van der Waals surface area (Å²) in [7, 11) is -1.95. The van der Waals surface area contributed by atoms with Gasteiger partial charge in [0.05, 0.1) is 21.9 Å². The molecule has 11 heteroatoms. The van der Waals surface area contributed by atoms with Gasteiger partial charge in [0, 0.05) is 35.9 Å². The number of hydrogen-bond donors (Lipinski definition) is 1. The molecule has 4 rings (SSSR count). The molecule has 0 saturated carbocycles. The third-order valence-corrected chi connectivity index (χ3v) is 8.94. The van der Waals surface area contributed by atoms with Gasteiger partial charge in [0.15, 0.2) is 0 Å². The number of sulfonamides is 1. The summed E-state index contributed by atoms with van der Waals surface area (Å²) in [4.78, 5) is 24.6. The van der Waals surface area contributed by atoms with Gasteiger partial charge >= 0.3 is 4.87 Å². The summed E-state index contributed by atoms with van der Waals surface area (Å²) < 4.78 is 29.6. The van der Waals surface area contributed by atoms with E-state index in [1.807, 2.05) is 0 Å². The Morgan fingerprint density at radius 2 is 2.00 bits per heavy atom. The number of carbonyl (C=O) groups is 1. The summed E-state index contributed by atoms with van der Waals surface area (Å²) in [5, 5.41) is 3.60. The van der Waals surface area contributed by atoms with Crippen LogP contribution in [0.2, 0.25) is 10.0 Å². The van der Waals surface area contributed by atoms with Gasteiger partial charge in [0.2, 0.25) is 15.9 Å². The first kappa shape index (κ1) is 23.3. The minimum Gasteiger partial charge on any atom is -0.326 e. The van der Waals surface area contributed by atoms with Crippen molar-refractivity contribution < 1.29 is 13.2 Å². The Morgan fingerprint density at radius 1 is 1.22 bits per heavy atom. The molecule has 7 nitrogen and oxygen atoms in total. The number of fused-ring (bicyclic) bond motifs is 1. The van der Waals surface area contributed by atoms with Crippen LogP contribution in [-0.4, -0.2) is 36.3 Å². The van der Waals surface area contributed by atoms with E-state index in [9.17, 15) is 18.0 Å². The third kappa shape index (κ3) is 4.87. The zero-order valence-corrected chi connectivity index (χ0v) is 20.3. The van der Waals surface area contributed by atoms with E-state index in [0.717, 1.165) is 21.6 Å². The Labute approximate surface area is 199 Å². The molecular formula is C21H21Cl2N3O4S2. The first-order valence-corrected chi connectivity index (χ1v) is 13.1. The number of aryl methyl sites for hydroxylation is 1. The van der Waals surface area contributed by atoms with Crippen LogP contribution in [0, 0.1) is 5.92 Å². The van der Waals surface area contributed by atoms with Gasteiger partial charge in [-0.05, 0) is 48.7 Å². The van der Waals surface area contributed by atoms with Gasteiger partial charge in [-0.2, -0.15) is 0 Å². The lowest BCUT2D eigenvalue weighted by atomic mass is 9.98. The topological polar surface area (TPSA) is 88.5 Å². The van der Waals surface area contributed by atoms with Crippen molar-refractivity contribution in [2.45, 2.75) is 18.6 Å². The summed E-state index contributed by atoms with van der Waals surface area (Å²) in [5.74, 6) is -0.956. The SMILES string of the molecule is Cn1c(=O)sc2cc(NC(=O)[C@@H]3CCCN(S(=O)(=O)Cc4ccc(Cl)cc4Cl)C3)ccc21. The summed E-state index contributed by atoms with van der Waals surface area (Å²) in [6.45, 7) is 0.474. The molecule has 0 aliphatic carbocycles. The van der Waals surface area contributed by atoms with Crippen LogP contribution in [0.25, 0.3) is 10.2 Å². The molecule has 2 aromatic carbocycles. The molecule has 0 radical (unpaired) electrons. The fourth-order valence-corrected chi connectivity index (χ4v) is 6.91. The van der Waals surface area contributed by atoms with Crippen LogP contribution in [0.3, 0.4) is 0 Å². The number of anilines is 1. The first-order chi connectivity index (χ1) is 15.1. The molecule has 0 unspecified atom stereocenters. The molecule has 1 N–H and O–H groups in total. The summed E-state index contributed by atoms with van der Waals surface area (Å²) >= 11 is 13.2. The number of piperidine rings is 1. The van der Waals surface area contributed by atoms with E-state index in [1.165, 1.54) is 10.4 Å². The predicted octanol–water partition coefficient (Wildman–Crippen LogP) is 4.09. The van der Waals surface area contributed by atoms with Gasteiger partial charge in [-0.25, -0.2) is 12.7 Å². The van der Waals surface area contributed by atoms with Crippen molar-refractivity contribution in [3.05, 3.63) is 61.7 Å². The quantitative estimate of drug-likeness (QED) is 0.556. The molecule has 3 aromatic rings. The number of halogens is 2. The number of rotatable bonds is 5. The molecule has 170 valence electrons. The second kappa shape index (κ2) is 9.15. The number of carbonyl (C=O) groups excluding carboxylic acids is 1. The molecular weight excluding hydrogens is 493 g/mol. The largest absolute Gasteiger partial charge is 0.326 e. The van der Waals surface area contributed by atoms with Gasteiger partial charge in [-0.15, -0.1) is 0 Å². The van der Waals surface area contributed by atoms with Crippen LogP contribution in [0.15, 0.2) is 41.2 Å². The van der Waals surface area contributed by atoms with Crippen LogP contribution < -0.4 is 10.2 Å². The molecule has 1 fully saturated rings. The highest BCUT2D eigenvalue weighted by atomic mass is 35.5. The van der Waals surface area contributed by atoms with Crippen LogP contribution in [0.1, 0.15) is 18.4 Å². The fraction of sp³-hybridized carbons (Fsp3) is 0.333. The zero-order chi connectivity index (χ0) is 23.0. The Morgan fingerprint density at radius 3 is 2.75 bits per heavy atom. The number of amides is 1. The summed E-state index contributed by atoms with van der Waals surface area (Å²) in [6, 6.07) is 10.0. The third-order valence-electron chi connectivity index (χ3n) is 5.56. The van der Waals surface area contributed by atoms with Crippen LogP contribution in [0.5, 0.6) is 0 Å². The van der Waals surface area contributed by atoms with Gasteiger partial charge in [0.25, 0.3) is 0 Å². The smallest absolute Gasteiger partial charge is 0.307 e. The molecule has 1 aliphatic rings. The maximum Gasteiger partial charge on any atom is 0.307 e. The summed E-state index contributed by atoms with van der Waals surface area (Å²) in [6.07, 6.45) is 1.19. The highest BCUT2D eigenvalue weighted by Gasteiger charge is 2.32. The monoisotopic (exact) mass is 513 g/mol. The van der Waals surface area contributed by atoms with Crippen molar-refractivity contribution in [3.8, 4) is 0 Å². The van der Waals surface area contributed by atoms with E-state index in [1.54, 1.807) is 41.9 Å². The average molecular weight is 514 g/mol. The number of hydrogen-bond acceptors (Lipinski definition) is 5. The van der Waals surface area contributed by atoms with Gasteiger partial charge in [-0.3, -0.25) is 9.59 Å². The molecule has 0 spiro atoms. The average Bonchev–Trinajstić information content (AvgIpc) is 3.03. The Hall–Kier alpha value is -1.91. The van der Waals surface area contributed by atoms with Gasteiger partial charge in [-0.1, -0.05) is 40.6 Å². The van der Waals surface area contributed by atoms with Crippen molar-refractivity contribution in [2.75, 3.05) is 18.4 Å². The first-order valence-electron chi connectivity index (χ1n) is 9.96. The van der Waals surface area contributed by atoms with Crippen molar-refractivity contribution in [1.82, 2.24) is 8.87 Å². The molecule has 1 aromatic heterocycles. The Bertz CT molecular complexity index is 1350. The van der Waals surface area contributed by atoms with E-state index in [2.05, 4.69) is 5.32 Å². The highest BCUT2D eigenvalue weighted by molar-refractivity contribution is 7.88. The maximum absolute atomic E-state index is 13.0. The number of nitrogens with zero attached hydrogens (tertiary/aromatic N) is 2. The van der Waals surface area contributed by atoms with Crippen LogP contribution in [0.4, 0.5) is 5.69 Å². The second-order valence-electron chi connectivity index (χ2n) is 7.79.